The molecule has 5 nitrogen and oxygen atoms in total. The number of amides is 1. The van der Waals surface area contributed by atoms with Gasteiger partial charge in [0.1, 0.15) is 0 Å². The van der Waals surface area contributed by atoms with E-state index in [1.54, 1.807) is 11.9 Å². The number of nitrogens with one attached hydrogen (secondary N) is 1. The Morgan fingerprint density at radius 2 is 2.09 bits per heavy atom. The first-order valence-electron chi connectivity index (χ1n) is 7.86. The number of hydrogen-bond acceptors (Lipinski definition) is 3. The van der Waals surface area contributed by atoms with Crippen molar-refractivity contribution in [2.45, 2.75) is 19.8 Å². The average molecular weight is 334 g/mol. The molecule has 0 aliphatic carbocycles. The summed E-state index contributed by atoms with van der Waals surface area (Å²) in [6.45, 7) is 2.49. The minimum Gasteiger partial charge on any atom is -0.358 e. The highest BCUT2D eigenvalue weighted by molar-refractivity contribution is 7.91. The zero-order valence-electron chi connectivity index (χ0n) is 13.5. The van der Waals surface area contributed by atoms with Gasteiger partial charge < -0.3 is 9.88 Å². The third-order valence-electron chi connectivity index (χ3n) is 4.64. The second kappa shape index (κ2) is 6.00. The molecule has 0 spiro atoms. The number of aromatic nitrogens is 1. The summed E-state index contributed by atoms with van der Waals surface area (Å²) in [5, 5.41) is 1.08. The average Bonchev–Trinajstić information content (AvgIpc) is 2.99. The van der Waals surface area contributed by atoms with Gasteiger partial charge in [-0.05, 0) is 30.9 Å². The highest BCUT2D eigenvalue weighted by Crippen LogP contribution is 2.23. The predicted octanol–water partition coefficient (Wildman–Crippen LogP) is 1.91. The second-order valence-electron chi connectivity index (χ2n) is 6.49. The van der Waals surface area contributed by atoms with Gasteiger partial charge in [-0.2, -0.15) is 0 Å². The topological polar surface area (TPSA) is 70.2 Å². The lowest BCUT2D eigenvalue weighted by molar-refractivity contribution is -0.129. The van der Waals surface area contributed by atoms with E-state index in [-0.39, 0.29) is 23.3 Å². The summed E-state index contributed by atoms with van der Waals surface area (Å²) in [5.74, 6) is 0.554. The molecule has 0 unspecified atom stereocenters. The van der Waals surface area contributed by atoms with Crippen LogP contribution < -0.4 is 0 Å². The van der Waals surface area contributed by atoms with Gasteiger partial charge in [-0.25, -0.2) is 8.42 Å². The van der Waals surface area contributed by atoms with E-state index in [2.05, 4.69) is 4.98 Å². The lowest BCUT2D eigenvalue weighted by Gasteiger charge is -2.20. The maximum atomic E-state index is 12.5. The van der Waals surface area contributed by atoms with Crippen molar-refractivity contribution in [2.75, 3.05) is 25.1 Å². The van der Waals surface area contributed by atoms with Crippen molar-refractivity contribution in [3.05, 3.63) is 35.5 Å². The second-order valence-corrected chi connectivity index (χ2v) is 8.72. The summed E-state index contributed by atoms with van der Waals surface area (Å²) >= 11 is 0. The number of aromatic amines is 1. The molecular formula is C17H22N2O3S. The fourth-order valence-electron chi connectivity index (χ4n) is 3.35. The van der Waals surface area contributed by atoms with Gasteiger partial charge in [-0.1, -0.05) is 18.2 Å². The van der Waals surface area contributed by atoms with Crippen LogP contribution in [0.3, 0.4) is 0 Å². The molecule has 1 saturated heterocycles. The quantitative estimate of drug-likeness (QED) is 0.928. The van der Waals surface area contributed by atoms with Crippen molar-refractivity contribution < 1.29 is 13.2 Å². The molecular weight excluding hydrogens is 312 g/mol. The van der Waals surface area contributed by atoms with E-state index in [9.17, 15) is 13.2 Å². The van der Waals surface area contributed by atoms with Crippen LogP contribution in [0.1, 0.15) is 17.7 Å². The number of H-pyrrole nitrogens is 1. The number of fused-ring (bicyclic) bond motifs is 1. The first-order valence-corrected chi connectivity index (χ1v) is 9.68. The van der Waals surface area contributed by atoms with E-state index in [0.717, 1.165) is 22.2 Å². The highest BCUT2D eigenvalue weighted by atomic mass is 32.2. The Hall–Kier alpha value is -1.82. The molecule has 1 atom stereocenters. The standard InChI is InChI=1S/C17H22N2O3S/c1-12-15(14-5-3-4-6-16(14)18-12)9-17(20)19(2)10-13-7-8-23(21,22)11-13/h3-6,13,18H,7-11H2,1-2H3/t13-/m1/s1. The summed E-state index contributed by atoms with van der Waals surface area (Å²) < 4.78 is 23.1. The van der Waals surface area contributed by atoms with Crippen LogP contribution in [0.2, 0.25) is 0 Å². The first-order chi connectivity index (χ1) is 10.9. The fourth-order valence-corrected chi connectivity index (χ4v) is 5.20. The van der Waals surface area contributed by atoms with Crippen LogP contribution in [0, 0.1) is 12.8 Å². The van der Waals surface area contributed by atoms with E-state index in [1.165, 1.54) is 0 Å². The van der Waals surface area contributed by atoms with Gasteiger partial charge in [0.2, 0.25) is 5.91 Å². The van der Waals surface area contributed by atoms with Crippen LogP contribution in [0.25, 0.3) is 10.9 Å². The maximum absolute atomic E-state index is 12.5. The normalized spacial score (nSPS) is 20.0. The SMILES string of the molecule is Cc1[nH]c2ccccc2c1CC(=O)N(C)C[C@H]1CCS(=O)(=O)C1. The smallest absolute Gasteiger partial charge is 0.226 e. The van der Waals surface area contributed by atoms with Crippen molar-refractivity contribution in [1.82, 2.24) is 9.88 Å². The predicted molar refractivity (Wildman–Crippen MR) is 91.1 cm³/mol. The molecule has 1 aromatic heterocycles. The molecule has 0 bridgehead atoms. The van der Waals surface area contributed by atoms with Crippen LogP contribution in [0.4, 0.5) is 0 Å². The Morgan fingerprint density at radius 3 is 2.78 bits per heavy atom. The van der Waals surface area contributed by atoms with Crippen molar-refractivity contribution in [2.24, 2.45) is 5.92 Å². The van der Waals surface area contributed by atoms with Gasteiger partial charge in [0.15, 0.2) is 9.84 Å². The number of sulfone groups is 1. The molecule has 1 fully saturated rings. The zero-order chi connectivity index (χ0) is 16.6. The molecule has 3 rings (SSSR count). The fraction of sp³-hybridized carbons (Fsp3) is 0.471. The van der Waals surface area contributed by atoms with Crippen molar-refractivity contribution in [3.63, 3.8) is 0 Å². The Kier molecular flexibility index (Phi) is 4.19. The van der Waals surface area contributed by atoms with Crippen LogP contribution in [0.5, 0.6) is 0 Å². The number of aryl methyl sites for hydroxylation is 1. The van der Waals surface area contributed by atoms with E-state index in [1.807, 2.05) is 31.2 Å². The maximum Gasteiger partial charge on any atom is 0.226 e. The number of benzene rings is 1. The number of carbonyl (C=O) groups is 1. The van der Waals surface area contributed by atoms with E-state index >= 15 is 0 Å². The number of likely N-dealkylation sites (N-methyl/N-ethyl adjacent to an activating group) is 1. The number of nitrogens with zero attached hydrogens (tertiary/aromatic N) is 1. The van der Waals surface area contributed by atoms with E-state index in [0.29, 0.717) is 19.4 Å². The summed E-state index contributed by atoms with van der Waals surface area (Å²) in [6.07, 6.45) is 0.998. The summed E-state index contributed by atoms with van der Waals surface area (Å²) in [7, 11) is -1.13. The molecule has 2 aromatic rings. The minimum atomic E-state index is -2.90. The molecule has 6 heteroatoms. The highest BCUT2D eigenvalue weighted by Gasteiger charge is 2.29. The van der Waals surface area contributed by atoms with Gasteiger partial charge in [0, 0.05) is 30.2 Å². The third kappa shape index (κ3) is 3.42. The van der Waals surface area contributed by atoms with Gasteiger partial charge in [-0.15, -0.1) is 0 Å². The molecule has 124 valence electrons. The number of carbonyl (C=O) groups excluding carboxylic acids is 1. The molecule has 1 N–H and O–H groups in total. The first kappa shape index (κ1) is 16.1. The lowest BCUT2D eigenvalue weighted by Crippen LogP contribution is -2.33. The Morgan fingerprint density at radius 1 is 1.35 bits per heavy atom. The van der Waals surface area contributed by atoms with Crippen LogP contribution in [-0.2, 0) is 21.1 Å². The minimum absolute atomic E-state index is 0.0298. The molecule has 1 amide bonds. The Bertz CT molecular complexity index is 839. The van der Waals surface area contributed by atoms with Crippen LogP contribution >= 0.6 is 0 Å². The molecule has 1 aliphatic rings. The van der Waals surface area contributed by atoms with Gasteiger partial charge in [0.05, 0.1) is 17.9 Å². The summed E-state index contributed by atoms with van der Waals surface area (Å²) in [4.78, 5) is 17.5. The van der Waals surface area contributed by atoms with Gasteiger partial charge in [-0.3, -0.25) is 4.79 Å². The molecule has 0 radical (unpaired) electrons. The Balaban J connectivity index is 1.69. The van der Waals surface area contributed by atoms with Crippen molar-refractivity contribution in [3.8, 4) is 0 Å². The molecule has 2 heterocycles. The van der Waals surface area contributed by atoms with Gasteiger partial charge in [0.25, 0.3) is 0 Å². The number of para-hydroxylation sites is 1. The monoisotopic (exact) mass is 334 g/mol. The van der Waals surface area contributed by atoms with Crippen molar-refractivity contribution in [1.29, 1.82) is 0 Å². The van der Waals surface area contributed by atoms with Crippen LogP contribution in [-0.4, -0.2) is 49.3 Å². The lowest BCUT2D eigenvalue weighted by atomic mass is 10.1. The molecule has 23 heavy (non-hydrogen) atoms. The van der Waals surface area contributed by atoms with Crippen molar-refractivity contribution >= 4 is 26.6 Å². The molecule has 0 saturated carbocycles. The summed E-state index contributed by atoms with van der Waals surface area (Å²) in [5.41, 5.74) is 3.07. The number of rotatable bonds is 4. The van der Waals surface area contributed by atoms with E-state index in [4.69, 9.17) is 0 Å². The van der Waals surface area contributed by atoms with E-state index < -0.39 is 9.84 Å². The number of hydrogen-bond donors (Lipinski definition) is 1. The third-order valence-corrected chi connectivity index (χ3v) is 6.48. The van der Waals surface area contributed by atoms with Crippen LogP contribution in [0.15, 0.2) is 24.3 Å². The largest absolute Gasteiger partial charge is 0.358 e. The molecule has 1 aromatic carbocycles. The molecule has 1 aliphatic heterocycles. The van der Waals surface area contributed by atoms with Gasteiger partial charge >= 0.3 is 0 Å². The summed E-state index contributed by atoms with van der Waals surface area (Å²) in [6, 6.07) is 7.96. The Labute approximate surface area is 136 Å². The zero-order valence-corrected chi connectivity index (χ0v) is 14.3.